The molecule has 1 aromatic heterocycles. The van der Waals surface area contributed by atoms with E-state index in [1.807, 2.05) is 13.8 Å². The highest BCUT2D eigenvalue weighted by atomic mass is 32.2. The molecule has 2 amide bonds. The fourth-order valence-electron chi connectivity index (χ4n) is 3.63. The number of carbonyl (C=O) groups is 2. The van der Waals surface area contributed by atoms with E-state index in [9.17, 15) is 18.0 Å². The average Bonchev–Trinajstić information content (AvgIpc) is 2.88. The molecule has 142 valence electrons. The lowest BCUT2D eigenvalue weighted by Gasteiger charge is -2.44. The second kappa shape index (κ2) is 6.94. The molecule has 3 rings (SSSR count). The van der Waals surface area contributed by atoms with Gasteiger partial charge in [0.05, 0.1) is 35.5 Å². The van der Waals surface area contributed by atoms with Crippen LogP contribution >= 0.6 is 0 Å². The maximum Gasteiger partial charge on any atom is 0.274 e. The highest BCUT2D eigenvalue weighted by molar-refractivity contribution is 7.91. The molecule has 0 spiro atoms. The van der Waals surface area contributed by atoms with E-state index in [0.29, 0.717) is 25.2 Å². The normalized spacial score (nSPS) is 24.6. The maximum atomic E-state index is 12.8. The van der Waals surface area contributed by atoms with E-state index in [2.05, 4.69) is 9.97 Å². The van der Waals surface area contributed by atoms with E-state index >= 15 is 0 Å². The van der Waals surface area contributed by atoms with Gasteiger partial charge in [-0.2, -0.15) is 0 Å². The third kappa shape index (κ3) is 3.72. The van der Waals surface area contributed by atoms with Gasteiger partial charge in [-0.25, -0.2) is 13.4 Å². The van der Waals surface area contributed by atoms with Gasteiger partial charge >= 0.3 is 0 Å². The summed E-state index contributed by atoms with van der Waals surface area (Å²) in [4.78, 5) is 36.8. The zero-order chi connectivity index (χ0) is 19.1. The molecule has 0 aromatic carbocycles. The van der Waals surface area contributed by atoms with Gasteiger partial charge in [0.1, 0.15) is 5.69 Å². The van der Waals surface area contributed by atoms with Gasteiger partial charge in [0.15, 0.2) is 9.84 Å². The number of hydrogen-bond donors (Lipinski definition) is 0. The second-order valence-corrected chi connectivity index (χ2v) is 9.59. The van der Waals surface area contributed by atoms with Crippen LogP contribution < -0.4 is 0 Å². The molecule has 2 atom stereocenters. The van der Waals surface area contributed by atoms with Crippen molar-refractivity contribution in [3.63, 3.8) is 0 Å². The summed E-state index contributed by atoms with van der Waals surface area (Å²) in [6.07, 6.45) is 3.30. The number of piperazine rings is 1. The average molecular weight is 380 g/mol. The van der Waals surface area contributed by atoms with Crippen LogP contribution in [0.4, 0.5) is 0 Å². The number of rotatable bonds is 3. The van der Waals surface area contributed by atoms with Crippen LogP contribution in [0.2, 0.25) is 0 Å². The standard InChI is InChI=1S/C17H24N4O4S/c1-11(2)6-16(22)20-4-5-21(15-10-26(24,25)9-14(15)20)17(23)13-8-18-12(3)7-19-13/h7-8,11,14-15H,4-6,9-10H2,1-3H3/t14-,15+/m1/s1. The van der Waals surface area contributed by atoms with Crippen molar-refractivity contribution in [3.8, 4) is 0 Å². The third-order valence-corrected chi connectivity index (χ3v) is 6.54. The van der Waals surface area contributed by atoms with Gasteiger partial charge in [0, 0.05) is 25.7 Å². The fourth-order valence-corrected chi connectivity index (χ4v) is 5.61. The predicted molar refractivity (Wildman–Crippen MR) is 95.2 cm³/mol. The first kappa shape index (κ1) is 18.8. The first-order chi connectivity index (χ1) is 12.2. The monoisotopic (exact) mass is 380 g/mol. The Morgan fingerprint density at radius 3 is 2.31 bits per heavy atom. The Labute approximate surface area is 153 Å². The number of hydrogen-bond acceptors (Lipinski definition) is 6. The molecule has 0 bridgehead atoms. The van der Waals surface area contributed by atoms with Crippen molar-refractivity contribution in [3.05, 3.63) is 23.8 Å². The molecule has 2 aliphatic heterocycles. The lowest BCUT2D eigenvalue weighted by molar-refractivity contribution is -0.137. The minimum absolute atomic E-state index is 0.0469. The molecule has 0 radical (unpaired) electrons. The zero-order valence-electron chi connectivity index (χ0n) is 15.3. The van der Waals surface area contributed by atoms with Crippen LogP contribution in [0.5, 0.6) is 0 Å². The summed E-state index contributed by atoms with van der Waals surface area (Å²) < 4.78 is 24.5. The van der Waals surface area contributed by atoms with E-state index in [-0.39, 0.29) is 34.9 Å². The molecule has 2 fully saturated rings. The molecule has 1 aromatic rings. The molecule has 26 heavy (non-hydrogen) atoms. The van der Waals surface area contributed by atoms with Crippen molar-refractivity contribution < 1.29 is 18.0 Å². The number of carbonyl (C=O) groups excluding carboxylic acids is 2. The summed E-state index contributed by atoms with van der Waals surface area (Å²) >= 11 is 0. The Balaban J connectivity index is 1.85. The molecule has 0 aliphatic carbocycles. The summed E-state index contributed by atoms with van der Waals surface area (Å²) in [6, 6.07) is -1.01. The summed E-state index contributed by atoms with van der Waals surface area (Å²) in [5, 5.41) is 0. The predicted octanol–water partition coefficient (Wildman–Crippen LogP) is 0.281. The molecule has 0 N–H and O–H groups in total. The molecular weight excluding hydrogens is 356 g/mol. The third-order valence-electron chi connectivity index (χ3n) is 4.84. The van der Waals surface area contributed by atoms with Crippen LogP contribution in [-0.2, 0) is 14.6 Å². The molecule has 2 aliphatic rings. The molecule has 0 saturated carbocycles. The van der Waals surface area contributed by atoms with Crippen LogP contribution in [0.25, 0.3) is 0 Å². The minimum Gasteiger partial charge on any atom is -0.335 e. The van der Waals surface area contributed by atoms with E-state index in [0.717, 1.165) is 0 Å². The lowest BCUT2D eigenvalue weighted by Crippen LogP contribution is -2.62. The van der Waals surface area contributed by atoms with E-state index < -0.39 is 21.9 Å². The highest BCUT2D eigenvalue weighted by Gasteiger charge is 2.49. The minimum atomic E-state index is -3.30. The summed E-state index contributed by atoms with van der Waals surface area (Å²) in [5.41, 5.74) is 0.896. The lowest BCUT2D eigenvalue weighted by atomic mass is 10.0. The van der Waals surface area contributed by atoms with Crippen LogP contribution in [-0.4, -0.2) is 76.7 Å². The zero-order valence-corrected chi connectivity index (χ0v) is 16.1. The number of aryl methyl sites for hydroxylation is 1. The van der Waals surface area contributed by atoms with Gasteiger partial charge in [0.2, 0.25) is 5.91 Å². The van der Waals surface area contributed by atoms with Crippen molar-refractivity contribution in [2.75, 3.05) is 24.6 Å². The fraction of sp³-hybridized carbons (Fsp3) is 0.647. The van der Waals surface area contributed by atoms with Crippen molar-refractivity contribution >= 4 is 21.7 Å². The summed E-state index contributed by atoms with van der Waals surface area (Å²) in [7, 11) is -3.30. The number of aromatic nitrogens is 2. The Bertz CT molecular complexity index is 807. The molecule has 3 heterocycles. The van der Waals surface area contributed by atoms with Crippen LogP contribution in [0.1, 0.15) is 36.5 Å². The van der Waals surface area contributed by atoms with E-state index in [1.165, 1.54) is 12.4 Å². The van der Waals surface area contributed by atoms with Crippen molar-refractivity contribution in [1.29, 1.82) is 0 Å². The highest BCUT2D eigenvalue weighted by Crippen LogP contribution is 2.29. The first-order valence-corrected chi connectivity index (χ1v) is 10.6. The molecular formula is C17H24N4O4S. The van der Waals surface area contributed by atoms with Crippen LogP contribution in [0, 0.1) is 12.8 Å². The number of amides is 2. The van der Waals surface area contributed by atoms with Gasteiger partial charge in [-0.3, -0.25) is 14.6 Å². The van der Waals surface area contributed by atoms with Crippen molar-refractivity contribution in [1.82, 2.24) is 19.8 Å². The molecule has 9 heteroatoms. The number of sulfone groups is 1. The maximum absolute atomic E-state index is 12.8. The summed E-state index contributed by atoms with van der Waals surface area (Å²) in [5.74, 6) is -0.393. The van der Waals surface area contributed by atoms with Gasteiger partial charge < -0.3 is 9.80 Å². The van der Waals surface area contributed by atoms with E-state index in [4.69, 9.17) is 0 Å². The van der Waals surface area contributed by atoms with Gasteiger partial charge in [-0.15, -0.1) is 0 Å². The van der Waals surface area contributed by atoms with Gasteiger partial charge in [-0.05, 0) is 12.8 Å². The Hall–Kier alpha value is -2.03. The SMILES string of the molecule is Cc1cnc(C(=O)N2CCN(C(=O)CC(C)C)[C@@H]3CS(=O)(=O)C[C@@H]32)cn1. The molecule has 0 unspecified atom stereocenters. The second-order valence-electron chi connectivity index (χ2n) is 7.44. The van der Waals surface area contributed by atoms with E-state index in [1.54, 1.807) is 16.7 Å². The number of fused-ring (bicyclic) bond motifs is 1. The Morgan fingerprint density at radius 2 is 1.73 bits per heavy atom. The topological polar surface area (TPSA) is 101 Å². The Kier molecular flexibility index (Phi) is 5.01. The largest absolute Gasteiger partial charge is 0.335 e. The quantitative estimate of drug-likeness (QED) is 0.747. The van der Waals surface area contributed by atoms with Gasteiger partial charge in [0.25, 0.3) is 5.91 Å². The first-order valence-electron chi connectivity index (χ1n) is 8.77. The van der Waals surface area contributed by atoms with Crippen LogP contribution in [0.3, 0.4) is 0 Å². The van der Waals surface area contributed by atoms with Crippen molar-refractivity contribution in [2.24, 2.45) is 5.92 Å². The van der Waals surface area contributed by atoms with Gasteiger partial charge in [-0.1, -0.05) is 13.8 Å². The smallest absolute Gasteiger partial charge is 0.274 e. The Morgan fingerprint density at radius 1 is 1.12 bits per heavy atom. The molecule has 2 saturated heterocycles. The van der Waals surface area contributed by atoms with Crippen LogP contribution in [0.15, 0.2) is 12.4 Å². The van der Waals surface area contributed by atoms with Crippen molar-refractivity contribution in [2.45, 2.75) is 39.3 Å². The summed E-state index contributed by atoms with van der Waals surface area (Å²) in [6.45, 7) is 6.33. The molecule has 8 nitrogen and oxygen atoms in total. The number of nitrogens with zero attached hydrogens (tertiary/aromatic N) is 4.